The molecule has 0 bridgehead atoms. The first-order chi connectivity index (χ1) is 13.5. The van der Waals surface area contributed by atoms with Gasteiger partial charge in [-0.2, -0.15) is 0 Å². The number of Topliss-reactive ketones (excluding diaryl/α,β-unsaturated/α-hetero) is 1. The van der Waals surface area contributed by atoms with Crippen molar-refractivity contribution < 1.29 is 9.59 Å². The van der Waals surface area contributed by atoms with Gasteiger partial charge in [0, 0.05) is 68.2 Å². The standard InChI is InChI=1S/C22H30ClN3O2/c1-24-10-12-25(13-11-24)19-3-2-16(21(23)15-19)14-17-8-9-26(22(17)28)18-4-6-20(27)7-5-18/h2-3,15,17-18H,4-14H2,1H3. The number of hydrogen-bond acceptors (Lipinski definition) is 4. The molecule has 2 saturated heterocycles. The Bertz CT molecular complexity index is 735. The highest BCUT2D eigenvalue weighted by atomic mass is 35.5. The Labute approximate surface area is 172 Å². The van der Waals surface area contributed by atoms with Crippen LogP contribution < -0.4 is 4.90 Å². The number of likely N-dealkylation sites (N-methyl/N-ethyl adjacent to an activating group) is 1. The second kappa shape index (κ2) is 8.42. The van der Waals surface area contributed by atoms with Gasteiger partial charge in [-0.15, -0.1) is 0 Å². The smallest absolute Gasteiger partial charge is 0.226 e. The zero-order valence-corrected chi connectivity index (χ0v) is 17.5. The summed E-state index contributed by atoms with van der Waals surface area (Å²) in [6.07, 6.45) is 4.51. The zero-order valence-electron chi connectivity index (χ0n) is 16.7. The molecule has 1 atom stereocenters. The molecule has 0 aromatic heterocycles. The van der Waals surface area contributed by atoms with Crippen molar-refractivity contribution in [1.82, 2.24) is 9.80 Å². The second-order valence-electron chi connectivity index (χ2n) is 8.56. The van der Waals surface area contributed by atoms with E-state index in [0.29, 0.717) is 25.0 Å². The molecule has 2 aliphatic heterocycles. The fourth-order valence-electron chi connectivity index (χ4n) is 4.78. The maximum absolute atomic E-state index is 12.9. The van der Waals surface area contributed by atoms with E-state index in [9.17, 15) is 9.59 Å². The normalized spacial score (nSPS) is 25.0. The van der Waals surface area contributed by atoms with Gasteiger partial charge in [0.25, 0.3) is 0 Å². The summed E-state index contributed by atoms with van der Waals surface area (Å²) >= 11 is 6.61. The number of carbonyl (C=O) groups excluding carboxylic acids is 2. The molecule has 0 N–H and O–H groups in total. The van der Waals surface area contributed by atoms with Crippen molar-refractivity contribution in [1.29, 1.82) is 0 Å². The summed E-state index contributed by atoms with van der Waals surface area (Å²) in [4.78, 5) is 31.2. The van der Waals surface area contributed by atoms with Crippen molar-refractivity contribution in [3.8, 4) is 0 Å². The molecule has 28 heavy (non-hydrogen) atoms. The molecular weight excluding hydrogens is 374 g/mol. The average molecular weight is 404 g/mol. The minimum atomic E-state index is 0.0182. The summed E-state index contributed by atoms with van der Waals surface area (Å²) in [5, 5.41) is 0.769. The number of benzene rings is 1. The summed E-state index contributed by atoms with van der Waals surface area (Å²) in [5.74, 6) is 0.606. The molecule has 1 unspecified atom stereocenters. The van der Waals surface area contributed by atoms with Gasteiger partial charge in [-0.1, -0.05) is 17.7 Å². The van der Waals surface area contributed by atoms with Crippen LogP contribution in [-0.4, -0.2) is 67.3 Å². The number of carbonyl (C=O) groups is 2. The number of hydrogen-bond donors (Lipinski definition) is 0. The molecule has 1 aromatic rings. The van der Waals surface area contributed by atoms with Gasteiger partial charge in [-0.3, -0.25) is 9.59 Å². The molecule has 3 fully saturated rings. The van der Waals surface area contributed by atoms with Crippen LogP contribution in [-0.2, 0) is 16.0 Å². The maximum Gasteiger partial charge on any atom is 0.226 e. The lowest BCUT2D eigenvalue weighted by molar-refractivity contribution is -0.135. The molecule has 1 saturated carbocycles. The molecule has 1 aromatic carbocycles. The van der Waals surface area contributed by atoms with Crippen LogP contribution in [0.15, 0.2) is 18.2 Å². The number of amides is 1. The van der Waals surface area contributed by atoms with Crippen molar-refractivity contribution in [2.75, 3.05) is 44.7 Å². The van der Waals surface area contributed by atoms with E-state index in [0.717, 1.165) is 62.6 Å². The van der Waals surface area contributed by atoms with E-state index in [1.807, 2.05) is 4.90 Å². The third-order valence-corrected chi connectivity index (χ3v) is 7.03. The summed E-state index contributed by atoms with van der Waals surface area (Å²) in [7, 11) is 2.15. The topological polar surface area (TPSA) is 43.9 Å². The van der Waals surface area contributed by atoms with Crippen LogP contribution in [0.1, 0.15) is 37.7 Å². The molecule has 2 heterocycles. The highest BCUT2D eigenvalue weighted by Crippen LogP contribution is 2.32. The van der Waals surface area contributed by atoms with Crippen molar-refractivity contribution in [2.45, 2.75) is 44.6 Å². The van der Waals surface area contributed by atoms with Crippen LogP contribution in [0.3, 0.4) is 0 Å². The number of piperazine rings is 1. The van der Waals surface area contributed by atoms with Crippen LogP contribution in [0.25, 0.3) is 0 Å². The lowest BCUT2D eigenvalue weighted by Crippen LogP contribution is -2.44. The van der Waals surface area contributed by atoms with Crippen molar-refractivity contribution in [3.05, 3.63) is 28.8 Å². The molecule has 6 heteroatoms. The second-order valence-corrected chi connectivity index (χ2v) is 8.96. The van der Waals surface area contributed by atoms with Crippen molar-refractivity contribution >= 4 is 29.0 Å². The third-order valence-electron chi connectivity index (χ3n) is 6.68. The van der Waals surface area contributed by atoms with Gasteiger partial charge in [0.2, 0.25) is 5.91 Å². The molecule has 5 nitrogen and oxygen atoms in total. The fourth-order valence-corrected chi connectivity index (χ4v) is 5.03. The van der Waals surface area contributed by atoms with Crippen molar-refractivity contribution in [3.63, 3.8) is 0 Å². The van der Waals surface area contributed by atoms with Gasteiger partial charge in [0.1, 0.15) is 5.78 Å². The summed E-state index contributed by atoms with van der Waals surface area (Å²) in [6, 6.07) is 6.57. The number of anilines is 1. The summed E-state index contributed by atoms with van der Waals surface area (Å²) < 4.78 is 0. The van der Waals surface area contributed by atoms with Crippen LogP contribution in [0, 0.1) is 5.92 Å². The van der Waals surface area contributed by atoms with E-state index in [1.165, 1.54) is 5.69 Å². The minimum Gasteiger partial charge on any atom is -0.369 e. The summed E-state index contributed by atoms with van der Waals surface area (Å²) in [6.45, 7) is 4.99. The molecule has 4 rings (SSSR count). The molecule has 1 amide bonds. The van der Waals surface area contributed by atoms with Crippen LogP contribution in [0.4, 0.5) is 5.69 Å². The molecule has 0 radical (unpaired) electrons. The van der Waals surface area contributed by atoms with Crippen LogP contribution in [0.2, 0.25) is 5.02 Å². The summed E-state index contributed by atoms with van der Waals surface area (Å²) in [5.41, 5.74) is 2.24. The van der Waals surface area contributed by atoms with Gasteiger partial charge >= 0.3 is 0 Å². The zero-order chi connectivity index (χ0) is 19.7. The molecule has 1 aliphatic carbocycles. The quantitative estimate of drug-likeness (QED) is 0.775. The Hall–Kier alpha value is -1.59. The Kier molecular flexibility index (Phi) is 5.93. The van der Waals surface area contributed by atoms with E-state index < -0.39 is 0 Å². The fraction of sp³-hybridized carbons (Fsp3) is 0.636. The van der Waals surface area contributed by atoms with E-state index in [2.05, 4.69) is 35.0 Å². The first-order valence-electron chi connectivity index (χ1n) is 10.6. The minimum absolute atomic E-state index is 0.0182. The predicted molar refractivity (Wildman–Crippen MR) is 112 cm³/mol. The van der Waals surface area contributed by atoms with Crippen LogP contribution in [0.5, 0.6) is 0 Å². The Balaban J connectivity index is 1.38. The lowest BCUT2D eigenvalue weighted by Gasteiger charge is -2.34. The van der Waals surface area contributed by atoms with Gasteiger partial charge in [-0.05, 0) is 50.4 Å². The van der Waals surface area contributed by atoms with Gasteiger partial charge in [0.15, 0.2) is 0 Å². The molecule has 0 spiro atoms. The monoisotopic (exact) mass is 403 g/mol. The van der Waals surface area contributed by atoms with Gasteiger partial charge in [-0.25, -0.2) is 0 Å². The number of rotatable bonds is 4. The van der Waals surface area contributed by atoms with Gasteiger partial charge < -0.3 is 14.7 Å². The van der Waals surface area contributed by atoms with E-state index in [4.69, 9.17) is 11.6 Å². The number of halogens is 1. The Morgan fingerprint density at radius 1 is 1.00 bits per heavy atom. The van der Waals surface area contributed by atoms with Crippen LogP contribution >= 0.6 is 11.6 Å². The predicted octanol–water partition coefficient (Wildman–Crippen LogP) is 2.99. The van der Waals surface area contributed by atoms with Crippen molar-refractivity contribution in [2.24, 2.45) is 5.92 Å². The first-order valence-corrected chi connectivity index (χ1v) is 10.9. The maximum atomic E-state index is 12.9. The molecule has 152 valence electrons. The van der Waals surface area contributed by atoms with Gasteiger partial charge in [0.05, 0.1) is 0 Å². The SMILES string of the molecule is CN1CCN(c2ccc(CC3CCN(C4CCC(=O)CC4)C3=O)c(Cl)c2)CC1. The largest absolute Gasteiger partial charge is 0.369 e. The number of nitrogens with zero attached hydrogens (tertiary/aromatic N) is 3. The Morgan fingerprint density at radius 3 is 2.39 bits per heavy atom. The van der Waals surface area contributed by atoms with E-state index in [-0.39, 0.29) is 17.9 Å². The average Bonchev–Trinajstić information content (AvgIpc) is 3.05. The highest BCUT2D eigenvalue weighted by molar-refractivity contribution is 6.31. The highest BCUT2D eigenvalue weighted by Gasteiger charge is 2.37. The van der Waals surface area contributed by atoms with E-state index >= 15 is 0 Å². The first kappa shape index (κ1) is 19.7. The molecular formula is C22H30ClN3O2. The third kappa shape index (κ3) is 4.20. The number of likely N-dealkylation sites (tertiary alicyclic amines) is 1. The lowest BCUT2D eigenvalue weighted by atomic mass is 9.93. The van der Waals surface area contributed by atoms with E-state index in [1.54, 1.807) is 0 Å². The number of ketones is 1. The Morgan fingerprint density at radius 2 is 1.71 bits per heavy atom. The molecule has 3 aliphatic rings.